The van der Waals surface area contributed by atoms with Crippen molar-refractivity contribution in [3.63, 3.8) is 0 Å². The third-order valence-electron chi connectivity index (χ3n) is 3.06. The summed E-state index contributed by atoms with van der Waals surface area (Å²) >= 11 is 3.31. The van der Waals surface area contributed by atoms with E-state index in [9.17, 15) is 13.6 Å². The number of carbonyl (C=O) groups is 1. The fraction of sp³-hybridized carbons (Fsp3) is 0.143. The van der Waals surface area contributed by atoms with Crippen molar-refractivity contribution in [1.82, 2.24) is 4.98 Å². The summed E-state index contributed by atoms with van der Waals surface area (Å²) < 4.78 is 32.7. The first-order valence-corrected chi connectivity index (χ1v) is 6.86. The van der Waals surface area contributed by atoms with Gasteiger partial charge in [-0.05, 0) is 18.2 Å². The van der Waals surface area contributed by atoms with Crippen LogP contribution < -0.4 is 9.64 Å². The van der Waals surface area contributed by atoms with E-state index in [-0.39, 0.29) is 24.8 Å². The monoisotopic (exact) mass is 354 g/mol. The summed E-state index contributed by atoms with van der Waals surface area (Å²) in [4.78, 5) is 17.1. The summed E-state index contributed by atoms with van der Waals surface area (Å²) in [6.45, 7) is -0.213. The van der Waals surface area contributed by atoms with E-state index in [2.05, 4.69) is 20.9 Å². The van der Waals surface area contributed by atoms with Crippen LogP contribution in [0.1, 0.15) is 5.69 Å². The number of amides is 1. The Balaban J connectivity index is 1.96. The highest BCUT2D eigenvalue weighted by atomic mass is 79.9. The molecular formula is C14H9BrF2N2O2. The summed E-state index contributed by atoms with van der Waals surface area (Å²) in [5.74, 6) is -1.33. The zero-order valence-corrected chi connectivity index (χ0v) is 12.2. The standard InChI is InChI=1S/C14H9BrF2N2O2/c15-8-1-2-12-13(3-8)21-7-14(20)19(12)6-11-10(17)4-9(16)5-18-11/h1-5H,6-7H2. The van der Waals surface area contributed by atoms with E-state index in [1.54, 1.807) is 18.2 Å². The van der Waals surface area contributed by atoms with Gasteiger partial charge in [-0.25, -0.2) is 8.78 Å². The highest BCUT2D eigenvalue weighted by Gasteiger charge is 2.27. The number of halogens is 3. The number of benzene rings is 1. The van der Waals surface area contributed by atoms with Gasteiger partial charge in [0.15, 0.2) is 6.61 Å². The molecule has 0 saturated heterocycles. The Morgan fingerprint density at radius 3 is 2.90 bits per heavy atom. The maximum absolute atomic E-state index is 13.7. The van der Waals surface area contributed by atoms with Crippen LogP contribution in [0.4, 0.5) is 14.5 Å². The maximum Gasteiger partial charge on any atom is 0.265 e. The van der Waals surface area contributed by atoms with Gasteiger partial charge in [0.05, 0.1) is 24.1 Å². The molecule has 108 valence electrons. The molecule has 4 nitrogen and oxygen atoms in total. The van der Waals surface area contributed by atoms with Crippen molar-refractivity contribution in [2.45, 2.75) is 6.54 Å². The highest BCUT2D eigenvalue weighted by Crippen LogP contribution is 2.35. The number of fused-ring (bicyclic) bond motifs is 1. The van der Waals surface area contributed by atoms with Crippen molar-refractivity contribution in [3.8, 4) is 5.75 Å². The van der Waals surface area contributed by atoms with Crippen LogP contribution in [-0.2, 0) is 11.3 Å². The molecule has 2 heterocycles. The van der Waals surface area contributed by atoms with Crippen LogP contribution in [-0.4, -0.2) is 17.5 Å². The Morgan fingerprint density at radius 2 is 2.14 bits per heavy atom. The average molecular weight is 355 g/mol. The molecule has 1 aliphatic rings. The summed E-state index contributed by atoms with van der Waals surface area (Å²) in [5, 5.41) is 0. The SMILES string of the molecule is O=C1COc2cc(Br)ccc2N1Cc1ncc(F)cc1F. The number of hydrogen-bond donors (Lipinski definition) is 0. The lowest BCUT2D eigenvalue weighted by Gasteiger charge is -2.29. The molecule has 2 aromatic rings. The van der Waals surface area contributed by atoms with E-state index >= 15 is 0 Å². The lowest BCUT2D eigenvalue weighted by atomic mass is 10.2. The van der Waals surface area contributed by atoms with Gasteiger partial charge < -0.3 is 4.74 Å². The number of pyridine rings is 1. The fourth-order valence-electron chi connectivity index (χ4n) is 2.06. The van der Waals surface area contributed by atoms with E-state index < -0.39 is 11.6 Å². The Hall–Kier alpha value is -2.02. The molecule has 0 unspecified atom stereocenters. The number of hydrogen-bond acceptors (Lipinski definition) is 3. The zero-order chi connectivity index (χ0) is 15.0. The molecule has 1 aromatic heterocycles. The molecule has 0 radical (unpaired) electrons. The number of nitrogens with zero attached hydrogens (tertiary/aromatic N) is 2. The second-order valence-electron chi connectivity index (χ2n) is 4.46. The van der Waals surface area contributed by atoms with Gasteiger partial charge in [0.1, 0.15) is 17.4 Å². The number of carbonyl (C=O) groups excluding carboxylic acids is 1. The largest absolute Gasteiger partial charge is 0.482 e. The third kappa shape index (κ3) is 2.73. The van der Waals surface area contributed by atoms with Crippen LogP contribution >= 0.6 is 15.9 Å². The third-order valence-corrected chi connectivity index (χ3v) is 3.55. The predicted octanol–water partition coefficient (Wildman–Crippen LogP) is 3.05. The molecule has 21 heavy (non-hydrogen) atoms. The molecule has 0 fully saturated rings. The second-order valence-corrected chi connectivity index (χ2v) is 5.38. The number of ether oxygens (including phenoxy) is 1. The van der Waals surface area contributed by atoms with E-state index in [0.717, 1.165) is 16.7 Å². The molecule has 0 bridgehead atoms. The van der Waals surface area contributed by atoms with Gasteiger partial charge in [-0.2, -0.15) is 0 Å². The van der Waals surface area contributed by atoms with Crippen LogP contribution in [0.5, 0.6) is 5.75 Å². The predicted molar refractivity (Wildman–Crippen MR) is 75.0 cm³/mol. The summed E-state index contributed by atoms with van der Waals surface area (Å²) in [5.41, 5.74) is 0.528. The zero-order valence-electron chi connectivity index (χ0n) is 10.6. The highest BCUT2D eigenvalue weighted by molar-refractivity contribution is 9.10. The molecule has 3 rings (SSSR count). The minimum Gasteiger partial charge on any atom is -0.482 e. The van der Waals surface area contributed by atoms with E-state index in [1.165, 1.54) is 4.90 Å². The normalized spacial score (nSPS) is 13.9. The Kier molecular flexibility index (Phi) is 3.59. The molecule has 0 aliphatic carbocycles. The van der Waals surface area contributed by atoms with Crippen molar-refractivity contribution in [3.05, 3.63) is 52.3 Å². The minimum atomic E-state index is -0.784. The van der Waals surface area contributed by atoms with Gasteiger partial charge in [0.2, 0.25) is 0 Å². The van der Waals surface area contributed by atoms with Crippen LogP contribution in [0.15, 0.2) is 34.9 Å². The minimum absolute atomic E-state index is 0.000480. The first-order valence-electron chi connectivity index (χ1n) is 6.07. The maximum atomic E-state index is 13.7. The van der Waals surface area contributed by atoms with Crippen molar-refractivity contribution < 1.29 is 18.3 Å². The molecule has 0 saturated carbocycles. The molecule has 0 atom stereocenters. The quantitative estimate of drug-likeness (QED) is 0.832. The Morgan fingerprint density at radius 1 is 1.33 bits per heavy atom. The van der Waals surface area contributed by atoms with Crippen molar-refractivity contribution in [2.24, 2.45) is 0 Å². The second kappa shape index (κ2) is 5.40. The van der Waals surface area contributed by atoms with Crippen molar-refractivity contribution in [1.29, 1.82) is 0 Å². The molecule has 7 heteroatoms. The molecule has 1 amide bonds. The van der Waals surface area contributed by atoms with Crippen LogP contribution in [0, 0.1) is 11.6 Å². The first kappa shape index (κ1) is 13.9. The van der Waals surface area contributed by atoms with Crippen LogP contribution in [0.2, 0.25) is 0 Å². The topological polar surface area (TPSA) is 42.4 Å². The van der Waals surface area contributed by atoms with Gasteiger partial charge in [-0.15, -0.1) is 0 Å². The number of aromatic nitrogens is 1. The van der Waals surface area contributed by atoms with Gasteiger partial charge in [0.25, 0.3) is 5.91 Å². The first-order chi connectivity index (χ1) is 10.0. The van der Waals surface area contributed by atoms with Crippen molar-refractivity contribution in [2.75, 3.05) is 11.5 Å². The fourth-order valence-corrected chi connectivity index (χ4v) is 2.40. The molecule has 0 N–H and O–H groups in total. The summed E-state index contributed by atoms with van der Waals surface area (Å²) in [6.07, 6.45) is 0.922. The molecule has 1 aliphatic heterocycles. The number of anilines is 1. The van der Waals surface area contributed by atoms with Crippen LogP contribution in [0.3, 0.4) is 0 Å². The average Bonchev–Trinajstić information content (AvgIpc) is 2.44. The lowest BCUT2D eigenvalue weighted by molar-refractivity contribution is -0.121. The molecule has 0 spiro atoms. The Bertz CT molecular complexity index is 724. The van der Waals surface area contributed by atoms with E-state index in [0.29, 0.717) is 11.4 Å². The van der Waals surface area contributed by atoms with Crippen LogP contribution in [0.25, 0.3) is 0 Å². The van der Waals surface area contributed by atoms with E-state index in [1.807, 2.05) is 0 Å². The lowest BCUT2D eigenvalue weighted by Crippen LogP contribution is -2.38. The van der Waals surface area contributed by atoms with Gasteiger partial charge in [0, 0.05) is 10.5 Å². The van der Waals surface area contributed by atoms with Gasteiger partial charge in [-0.3, -0.25) is 14.7 Å². The van der Waals surface area contributed by atoms with Gasteiger partial charge >= 0.3 is 0 Å². The summed E-state index contributed by atoms with van der Waals surface area (Å²) in [6, 6.07) is 5.92. The summed E-state index contributed by atoms with van der Waals surface area (Å²) in [7, 11) is 0. The Labute approximate surface area is 127 Å². The van der Waals surface area contributed by atoms with E-state index in [4.69, 9.17) is 4.74 Å². The molecular weight excluding hydrogens is 346 g/mol. The van der Waals surface area contributed by atoms with Crippen molar-refractivity contribution >= 4 is 27.5 Å². The van der Waals surface area contributed by atoms with Gasteiger partial charge in [-0.1, -0.05) is 15.9 Å². The number of rotatable bonds is 2. The molecule has 1 aromatic carbocycles. The smallest absolute Gasteiger partial charge is 0.265 e.